The van der Waals surface area contributed by atoms with Crippen molar-refractivity contribution in [3.05, 3.63) is 12.2 Å². The maximum Gasteiger partial charge on any atom is 0.352 e. The molecule has 0 aliphatic heterocycles. The van der Waals surface area contributed by atoms with Gasteiger partial charge in [-0.25, -0.2) is 4.79 Å². The van der Waals surface area contributed by atoms with E-state index in [4.69, 9.17) is 10.1 Å². The predicted molar refractivity (Wildman–Crippen MR) is 118 cm³/mol. The Morgan fingerprint density at radius 2 is 1.72 bits per heavy atom. The van der Waals surface area contributed by atoms with Crippen LogP contribution in [-0.4, -0.2) is 18.3 Å². The highest BCUT2D eigenvalue weighted by atomic mass is 16.5. The second-order valence-electron chi connectivity index (χ2n) is 11.3. The van der Waals surface area contributed by atoms with Crippen molar-refractivity contribution in [1.29, 1.82) is 5.41 Å². The second-order valence-corrected chi connectivity index (χ2v) is 11.3. The molecule has 1 N–H and O–H groups in total. The predicted octanol–water partition coefficient (Wildman–Crippen LogP) is 6.42. The Morgan fingerprint density at radius 3 is 2.41 bits per heavy atom. The molecule has 3 heteroatoms. The summed E-state index contributed by atoms with van der Waals surface area (Å²) >= 11 is 0. The van der Waals surface area contributed by atoms with E-state index in [1.54, 1.807) is 0 Å². The third kappa shape index (κ3) is 3.22. The number of esters is 1. The Morgan fingerprint density at radius 1 is 1.03 bits per heavy atom. The van der Waals surface area contributed by atoms with Gasteiger partial charge in [-0.15, -0.1) is 0 Å². The molecule has 4 saturated carbocycles. The van der Waals surface area contributed by atoms with Crippen LogP contribution in [0, 0.1) is 51.7 Å². The van der Waals surface area contributed by atoms with Crippen LogP contribution in [0.2, 0.25) is 0 Å². The summed E-state index contributed by atoms with van der Waals surface area (Å²) in [6.07, 6.45) is 11.3. The van der Waals surface area contributed by atoms with E-state index in [1.165, 1.54) is 50.5 Å². The Balaban J connectivity index is 1.50. The van der Waals surface area contributed by atoms with Crippen LogP contribution in [0.1, 0.15) is 85.5 Å². The third-order valence-electron chi connectivity index (χ3n) is 10.2. The molecule has 4 aliphatic rings. The largest absolute Gasteiger partial charge is 0.462 e. The Labute approximate surface area is 177 Å². The zero-order chi connectivity index (χ0) is 21.0. The smallest absolute Gasteiger partial charge is 0.352 e. The zero-order valence-corrected chi connectivity index (χ0v) is 19.1. The molecular formula is C26H41NO2. The number of nitrogens with one attached hydrogen (secondary N) is 1. The molecule has 0 saturated heterocycles. The monoisotopic (exact) mass is 399 g/mol. The topological polar surface area (TPSA) is 50.2 Å². The quantitative estimate of drug-likeness (QED) is 0.337. The van der Waals surface area contributed by atoms with Crippen molar-refractivity contribution in [3.8, 4) is 0 Å². The van der Waals surface area contributed by atoms with Gasteiger partial charge in [0.2, 0.25) is 0 Å². The first-order chi connectivity index (χ1) is 13.7. The van der Waals surface area contributed by atoms with Crippen LogP contribution in [0.5, 0.6) is 0 Å². The number of fused-ring (bicyclic) bond motifs is 5. The van der Waals surface area contributed by atoms with Crippen molar-refractivity contribution in [3.63, 3.8) is 0 Å². The van der Waals surface area contributed by atoms with Gasteiger partial charge in [-0.3, -0.25) is 5.41 Å². The minimum Gasteiger partial charge on any atom is -0.462 e. The Bertz CT molecular complexity index is 699. The number of allylic oxidation sites excluding steroid dienone is 1. The van der Waals surface area contributed by atoms with Crippen LogP contribution in [0.4, 0.5) is 0 Å². The lowest BCUT2D eigenvalue weighted by atomic mass is 9.44. The second kappa shape index (κ2) is 7.54. The molecule has 8 atom stereocenters. The van der Waals surface area contributed by atoms with E-state index in [1.807, 2.05) is 6.92 Å². The van der Waals surface area contributed by atoms with E-state index in [9.17, 15) is 4.79 Å². The van der Waals surface area contributed by atoms with E-state index in [-0.39, 0.29) is 17.6 Å². The van der Waals surface area contributed by atoms with Crippen molar-refractivity contribution >= 4 is 11.7 Å². The van der Waals surface area contributed by atoms with Gasteiger partial charge < -0.3 is 4.74 Å². The molecule has 0 spiro atoms. The van der Waals surface area contributed by atoms with Gasteiger partial charge in [-0.05, 0) is 112 Å². The summed E-state index contributed by atoms with van der Waals surface area (Å²) in [7, 11) is 0. The lowest BCUT2D eigenvalue weighted by Gasteiger charge is -2.61. The molecule has 0 bridgehead atoms. The zero-order valence-electron chi connectivity index (χ0n) is 19.1. The van der Waals surface area contributed by atoms with Crippen LogP contribution < -0.4 is 0 Å². The standard InChI is InChI=1S/C26H41NO2/c1-6-29-24(28)23(27)17-11-13-25(4)18(15-17)7-8-19-21-10-9-20(16(2)3)26(21,5)14-12-22(19)25/h17-22,27H,2,6-15H2,1,3-5H3/t17?,18-,19-,20+,21-,22-,25-,26+/m0/s1. The van der Waals surface area contributed by atoms with Crippen molar-refractivity contribution in [2.24, 2.45) is 46.3 Å². The molecule has 0 heterocycles. The van der Waals surface area contributed by atoms with Crippen molar-refractivity contribution in [2.45, 2.75) is 85.5 Å². The molecule has 0 aromatic heterocycles. The number of ether oxygens (including phenoxy) is 1. The van der Waals surface area contributed by atoms with Crippen LogP contribution in [-0.2, 0) is 9.53 Å². The van der Waals surface area contributed by atoms with Crippen LogP contribution in [0.25, 0.3) is 0 Å². The molecule has 4 aliphatic carbocycles. The number of hydrogen-bond acceptors (Lipinski definition) is 3. The lowest BCUT2D eigenvalue weighted by Crippen LogP contribution is -2.54. The minimum absolute atomic E-state index is 0.108. The van der Waals surface area contributed by atoms with Gasteiger partial charge in [-0.2, -0.15) is 0 Å². The summed E-state index contributed by atoms with van der Waals surface area (Å²) in [6, 6.07) is 0. The van der Waals surface area contributed by atoms with Gasteiger partial charge in [0.15, 0.2) is 0 Å². The van der Waals surface area contributed by atoms with Crippen LogP contribution in [0.15, 0.2) is 12.2 Å². The molecule has 0 aromatic carbocycles. The first-order valence-corrected chi connectivity index (χ1v) is 12.1. The maximum absolute atomic E-state index is 12.1. The van der Waals surface area contributed by atoms with E-state index < -0.39 is 0 Å². The summed E-state index contributed by atoms with van der Waals surface area (Å²) in [5.41, 5.74) is 2.51. The first-order valence-electron chi connectivity index (χ1n) is 12.1. The molecular weight excluding hydrogens is 358 g/mol. The van der Waals surface area contributed by atoms with E-state index in [2.05, 4.69) is 27.4 Å². The summed E-state index contributed by atoms with van der Waals surface area (Å²) < 4.78 is 5.12. The minimum atomic E-state index is -0.389. The summed E-state index contributed by atoms with van der Waals surface area (Å²) in [6.45, 7) is 13.9. The number of carbonyl (C=O) groups is 1. The average molecular weight is 400 g/mol. The third-order valence-corrected chi connectivity index (χ3v) is 10.2. The van der Waals surface area contributed by atoms with Crippen LogP contribution >= 0.6 is 0 Å². The fourth-order valence-electron chi connectivity index (χ4n) is 8.71. The van der Waals surface area contributed by atoms with E-state index in [0.717, 1.165) is 36.5 Å². The average Bonchev–Trinajstić information content (AvgIpc) is 3.04. The maximum atomic E-state index is 12.1. The molecule has 29 heavy (non-hydrogen) atoms. The number of carbonyl (C=O) groups excluding carboxylic acids is 1. The molecule has 1 unspecified atom stereocenters. The Hall–Kier alpha value is -1.12. The molecule has 162 valence electrons. The van der Waals surface area contributed by atoms with Gasteiger partial charge in [0.25, 0.3) is 0 Å². The fourth-order valence-corrected chi connectivity index (χ4v) is 8.71. The highest BCUT2D eigenvalue weighted by molar-refractivity contribution is 6.35. The normalized spacial score (nSPS) is 46.2. The van der Waals surface area contributed by atoms with E-state index >= 15 is 0 Å². The summed E-state index contributed by atoms with van der Waals surface area (Å²) in [4.78, 5) is 12.1. The molecule has 4 fully saturated rings. The number of rotatable bonds is 4. The molecule has 4 rings (SSSR count). The van der Waals surface area contributed by atoms with E-state index in [0.29, 0.717) is 23.4 Å². The Kier molecular flexibility index (Phi) is 5.49. The lowest BCUT2D eigenvalue weighted by molar-refractivity contribution is -0.136. The van der Waals surface area contributed by atoms with Gasteiger partial charge in [0.1, 0.15) is 5.71 Å². The summed E-state index contributed by atoms with van der Waals surface area (Å²) in [5.74, 6) is 3.69. The van der Waals surface area contributed by atoms with Gasteiger partial charge in [-0.1, -0.05) is 26.0 Å². The number of hydrogen-bond donors (Lipinski definition) is 1. The highest BCUT2D eigenvalue weighted by Crippen LogP contribution is 2.68. The molecule has 0 amide bonds. The van der Waals surface area contributed by atoms with Crippen molar-refractivity contribution in [2.75, 3.05) is 6.61 Å². The summed E-state index contributed by atoms with van der Waals surface area (Å²) in [5, 5.41) is 8.35. The SMILES string of the molecule is C=C(C)[C@H]1CC[C@H]2[C@@H]3CC[C@H]4CC(C(=N)C(=O)OCC)CC[C@]4(C)[C@H]3CC[C@]12C. The fraction of sp³-hybridized carbons (Fsp3) is 0.846. The van der Waals surface area contributed by atoms with Crippen molar-refractivity contribution in [1.82, 2.24) is 0 Å². The highest BCUT2D eigenvalue weighted by Gasteiger charge is 2.60. The van der Waals surface area contributed by atoms with Gasteiger partial charge >= 0.3 is 5.97 Å². The molecule has 3 nitrogen and oxygen atoms in total. The molecule has 0 aromatic rings. The van der Waals surface area contributed by atoms with Crippen molar-refractivity contribution < 1.29 is 9.53 Å². The molecule has 0 radical (unpaired) electrons. The van der Waals surface area contributed by atoms with Gasteiger partial charge in [0, 0.05) is 5.92 Å². The van der Waals surface area contributed by atoms with Crippen LogP contribution in [0.3, 0.4) is 0 Å². The van der Waals surface area contributed by atoms with Gasteiger partial charge in [0.05, 0.1) is 6.61 Å². The first kappa shape index (κ1) is 21.1.